The van der Waals surface area contributed by atoms with Crippen LogP contribution in [0.5, 0.6) is 0 Å². The quantitative estimate of drug-likeness (QED) is 0.903. The van der Waals surface area contributed by atoms with Crippen molar-refractivity contribution >= 4 is 17.3 Å². The number of halogens is 4. The Labute approximate surface area is 115 Å². The molecule has 19 heavy (non-hydrogen) atoms. The molecule has 0 amide bonds. The molecule has 1 aromatic rings. The van der Waals surface area contributed by atoms with E-state index in [0.717, 1.165) is 25.0 Å². The largest absolute Gasteiger partial charge is 0.416 e. The van der Waals surface area contributed by atoms with Gasteiger partial charge in [0.2, 0.25) is 0 Å². The first kappa shape index (κ1) is 14.5. The van der Waals surface area contributed by atoms with Crippen LogP contribution < -0.4 is 10.6 Å². The molecule has 0 unspecified atom stereocenters. The maximum atomic E-state index is 12.7. The molecule has 0 radical (unpaired) electrons. The second kappa shape index (κ2) is 5.59. The fourth-order valence-corrected chi connectivity index (χ4v) is 2.58. The number of piperidine rings is 1. The van der Waals surface area contributed by atoms with Gasteiger partial charge in [-0.05, 0) is 43.5 Å². The van der Waals surface area contributed by atoms with Gasteiger partial charge in [-0.15, -0.1) is 0 Å². The minimum Gasteiger partial charge on any atom is -0.370 e. The Hall–Kier alpha value is -0.940. The molecule has 106 valence electrons. The van der Waals surface area contributed by atoms with Crippen molar-refractivity contribution in [1.29, 1.82) is 0 Å². The maximum Gasteiger partial charge on any atom is 0.416 e. The molecule has 0 saturated carbocycles. The fourth-order valence-electron chi connectivity index (χ4n) is 2.34. The van der Waals surface area contributed by atoms with E-state index < -0.39 is 11.7 Å². The molecular formula is C13H16ClF3N2. The molecule has 1 fully saturated rings. The summed E-state index contributed by atoms with van der Waals surface area (Å²) in [4.78, 5) is 1.91. The van der Waals surface area contributed by atoms with E-state index in [1.807, 2.05) is 4.90 Å². The van der Waals surface area contributed by atoms with Gasteiger partial charge < -0.3 is 10.6 Å². The molecule has 1 heterocycles. The summed E-state index contributed by atoms with van der Waals surface area (Å²) in [7, 11) is 0. The molecule has 1 saturated heterocycles. The van der Waals surface area contributed by atoms with Crippen LogP contribution in [0.1, 0.15) is 18.4 Å². The van der Waals surface area contributed by atoms with E-state index in [4.69, 9.17) is 17.3 Å². The lowest BCUT2D eigenvalue weighted by Gasteiger charge is -2.34. The fraction of sp³-hybridized carbons (Fsp3) is 0.538. The van der Waals surface area contributed by atoms with E-state index in [1.165, 1.54) is 6.07 Å². The summed E-state index contributed by atoms with van der Waals surface area (Å²) in [6.07, 6.45) is -2.55. The van der Waals surface area contributed by atoms with E-state index >= 15 is 0 Å². The first-order chi connectivity index (χ1) is 8.91. The van der Waals surface area contributed by atoms with Gasteiger partial charge in [0.05, 0.1) is 16.3 Å². The Morgan fingerprint density at radius 3 is 2.42 bits per heavy atom. The molecule has 1 aliphatic rings. The van der Waals surface area contributed by atoms with Gasteiger partial charge in [-0.25, -0.2) is 0 Å². The van der Waals surface area contributed by atoms with Gasteiger partial charge in [0.15, 0.2) is 0 Å². The summed E-state index contributed by atoms with van der Waals surface area (Å²) in [5.41, 5.74) is 5.41. The highest BCUT2D eigenvalue weighted by molar-refractivity contribution is 6.33. The van der Waals surface area contributed by atoms with Crippen molar-refractivity contribution in [2.75, 3.05) is 24.5 Å². The topological polar surface area (TPSA) is 29.3 Å². The molecule has 2 nitrogen and oxygen atoms in total. The number of benzene rings is 1. The Morgan fingerprint density at radius 1 is 1.26 bits per heavy atom. The van der Waals surface area contributed by atoms with Gasteiger partial charge in [-0.3, -0.25) is 0 Å². The van der Waals surface area contributed by atoms with Crippen LogP contribution in [-0.4, -0.2) is 19.6 Å². The van der Waals surface area contributed by atoms with E-state index in [2.05, 4.69) is 0 Å². The van der Waals surface area contributed by atoms with Crippen molar-refractivity contribution in [3.63, 3.8) is 0 Å². The molecule has 0 bridgehead atoms. The molecular weight excluding hydrogens is 277 g/mol. The van der Waals surface area contributed by atoms with Crippen molar-refractivity contribution in [3.8, 4) is 0 Å². The predicted octanol–water partition coefficient (Wildman–Crippen LogP) is 3.53. The smallest absolute Gasteiger partial charge is 0.370 e. The SMILES string of the molecule is NCC1CCN(c2cc(C(F)(F)F)ccc2Cl)CC1. The monoisotopic (exact) mass is 292 g/mol. The zero-order chi connectivity index (χ0) is 14.0. The van der Waals surface area contributed by atoms with Crippen LogP contribution in [0.4, 0.5) is 18.9 Å². The van der Waals surface area contributed by atoms with Gasteiger partial charge in [0, 0.05) is 13.1 Å². The van der Waals surface area contributed by atoms with Crippen molar-refractivity contribution in [2.24, 2.45) is 11.7 Å². The summed E-state index contributed by atoms with van der Waals surface area (Å²) in [5, 5.41) is 0.360. The van der Waals surface area contributed by atoms with Crippen molar-refractivity contribution < 1.29 is 13.2 Å². The van der Waals surface area contributed by atoms with Crippen LogP contribution >= 0.6 is 11.6 Å². The molecule has 2 N–H and O–H groups in total. The van der Waals surface area contributed by atoms with Gasteiger partial charge in [0.1, 0.15) is 0 Å². The van der Waals surface area contributed by atoms with Crippen LogP contribution in [-0.2, 0) is 6.18 Å². The Balaban J connectivity index is 2.20. The first-order valence-corrected chi connectivity index (χ1v) is 6.61. The average molecular weight is 293 g/mol. The average Bonchev–Trinajstić information content (AvgIpc) is 2.38. The van der Waals surface area contributed by atoms with Crippen LogP contribution in [0.2, 0.25) is 5.02 Å². The van der Waals surface area contributed by atoms with Crippen molar-refractivity contribution in [2.45, 2.75) is 19.0 Å². The Bertz CT molecular complexity index is 440. The summed E-state index contributed by atoms with van der Waals surface area (Å²) >= 11 is 6.02. The van der Waals surface area contributed by atoms with E-state index in [-0.39, 0.29) is 0 Å². The zero-order valence-electron chi connectivity index (χ0n) is 10.4. The van der Waals surface area contributed by atoms with Crippen molar-refractivity contribution in [1.82, 2.24) is 0 Å². The number of rotatable bonds is 2. The normalized spacial score (nSPS) is 17.8. The maximum absolute atomic E-state index is 12.7. The van der Waals surface area contributed by atoms with Crippen LogP contribution in [0.3, 0.4) is 0 Å². The lowest BCUT2D eigenvalue weighted by Crippen LogP contribution is -2.36. The van der Waals surface area contributed by atoms with E-state index in [9.17, 15) is 13.2 Å². The van der Waals surface area contributed by atoms with Gasteiger partial charge in [-0.2, -0.15) is 13.2 Å². The third-order valence-corrected chi connectivity index (χ3v) is 3.88. The number of nitrogens with two attached hydrogens (primary N) is 1. The molecule has 2 rings (SSSR count). The predicted molar refractivity (Wildman–Crippen MR) is 70.4 cm³/mol. The second-order valence-electron chi connectivity index (χ2n) is 4.83. The standard InChI is InChI=1S/C13H16ClF3N2/c14-11-2-1-10(13(15,16)17)7-12(11)19-5-3-9(8-18)4-6-19/h1-2,7,9H,3-6,8,18H2. The van der Waals surface area contributed by atoms with E-state index in [1.54, 1.807) is 0 Å². The molecule has 1 aliphatic heterocycles. The molecule has 0 aromatic heterocycles. The number of anilines is 1. The number of alkyl halides is 3. The first-order valence-electron chi connectivity index (χ1n) is 6.23. The summed E-state index contributed by atoms with van der Waals surface area (Å²) in [6.45, 7) is 2.02. The van der Waals surface area contributed by atoms with Crippen LogP contribution in [0, 0.1) is 5.92 Å². The molecule has 1 aromatic carbocycles. The second-order valence-corrected chi connectivity index (χ2v) is 5.24. The number of hydrogen-bond acceptors (Lipinski definition) is 2. The van der Waals surface area contributed by atoms with Gasteiger partial charge in [-0.1, -0.05) is 11.6 Å². The third-order valence-electron chi connectivity index (χ3n) is 3.56. The minimum atomic E-state index is -4.34. The number of nitrogens with zero attached hydrogens (tertiary/aromatic N) is 1. The summed E-state index contributed by atoms with van der Waals surface area (Å²) in [6, 6.07) is 3.46. The molecule has 0 atom stereocenters. The lowest BCUT2D eigenvalue weighted by molar-refractivity contribution is -0.137. The minimum absolute atomic E-state index is 0.360. The highest BCUT2D eigenvalue weighted by Gasteiger charge is 2.32. The summed E-state index contributed by atoms with van der Waals surface area (Å²) in [5.74, 6) is 0.459. The lowest BCUT2D eigenvalue weighted by atomic mass is 9.96. The molecule has 6 heteroatoms. The van der Waals surface area contributed by atoms with E-state index in [0.29, 0.717) is 36.3 Å². The number of hydrogen-bond donors (Lipinski definition) is 1. The summed E-state index contributed by atoms with van der Waals surface area (Å²) < 4.78 is 38.1. The highest BCUT2D eigenvalue weighted by atomic mass is 35.5. The van der Waals surface area contributed by atoms with Crippen LogP contribution in [0.25, 0.3) is 0 Å². The molecule has 0 aliphatic carbocycles. The highest BCUT2D eigenvalue weighted by Crippen LogP contribution is 2.36. The van der Waals surface area contributed by atoms with Gasteiger partial charge >= 0.3 is 6.18 Å². The third kappa shape index (κ3) is 3.34. The van der Waals surface area contributed by atoms with Crippen LogP contribution in [0.15, 0.2) is 18.2 Å². The Morgan fingerprint density at radius 2 is 1.89 bits per heavy atom. The van der Waals surface area contributed by atoms with Gasteiger partial charge in [0.25, 0.3) is 0 Å². The molecule has 0 spiro atoms. The van der Waals surface area contributed by atoms with Crippen molar-refractivity contribution in [3.05, 3.63) is 28.8 Å². The zero-order valence-corrected chi connectivity index (χ0v) is 11.1. The Kier molecular flexibility index (Phi) is 4.26.